The molecule has 0 spiro atoms. The molecule has 0 saturated carbocycles. The van der Waals surface area contributed by atoms with Crippen LogP contribution >= 0.6 is 0 Å². The molecule has 1 aliphatic heterocycles. The molecule has 15 heavy (non-hydrogen) atoms. The van der Waals surface area contributed by atoms with Crippen molar-refractivity contribution in [3.8, 4) is 5.75 Å². The van der Waals surface area contributed by atoms with Crippen molar-refractivity contribution in [3.05, 3.63) is 23.8 Å². The number of hydrogen-bond acceptors (Lipinski definition) is 3. The van der Waals surface area contributed by atoms with Crippen molar-refractivity contribution in [1.29, 1.82) is 0 Å². The van der Waals surface area contributed by atoms with E-state index in [1.165, 1.54) is 5.56 Å². The molecule has 1 aromatic rings. The number of fused-ring (bicyclic) bond motifs is 1. The van der Waals surface area contributed by atoms with Crippen LogP contribution in [0.4, 0.5) is 5.69 Å². The van der Waals surface area contributed by atoms with E-state index in [1.54, 1.807) is 0 Å². The zero-order valence-corrected chi connectivity index (χ0v) is 9.07. The summed E-state index contributed by atoms with van der Waals surface area (Å²) in [4.78, 5) is 2.27. The molecule has 0 unspecified atom stereocenters. The fourth-order valence-electron chi connectivity index (χ4n) is 1.88. The predicted molar refractivity (Wildman–Crippen MR) is 60.6 cm³/mol. The monoisotopic (exact) mass is 207 g/mol. The fourth-order valence-corrected chi connectivity index (χ4v) is 1.88. The lowest BCUT2D eigenvalue weighted by Gasteiger charge is -2.31. The highest BCUT2D eigenvalue weighted by atomic mass is 16.5. The Morgan fingerprint density at radius 3 is 3.13 bits per heavy atom. The molecular formula is C12H17NO2. The van der Waals surface area contributed by atoms with Gasteiger partial charge in [0.1, 0.15) is 12.4 Å². The zero-order valence-electron chi connectivity index (χ0n) is 9.07. The summed E-state index contributed by atoms with van der Waals surface area (Å²) in [5.74, 6) is 0.971. The van der Waals surface area contributed by atoms with E-state index < -0.39 is 0 Å². The van der Waals surface area contributed by atoms with Crippen LogP contribution < -0.4 is 9.64 Å². The summed E-state index contributed by atoms with van der Waals surface area (Å²) in [6.45, 7) is 4.86. The van der Waals surface area contributed by atoms with Gasteiger partial charge in [0.05, 0.1) is 12.2 Å². The highest BCUT2D eigenvalue weighted by molar-refractivity contribution is 5.60. The SMILES string of the molecule is Cc1ccc2c(c1)OCCN2CCCO. The average molecular weight is 207 g/mol. The largest absolute Gasteiger partial charge is 0.490 e. The third-order valence-electron chi connectivity index (χ3n) is 2.66. The van der Waals surface area contributed by atoms with E-state index in [0.29, 0.717) is 0 Å². The molecule has 1 aliphatic rings. The molecule has 0 fully saturated rings. The van der Waals surface area contributed by atoms with Crippen molar-refractivity contribution in [2.45, 2.75) is 13.3 Å². The molecule has 3 nitrogen and oxygen atoms in total. The highest BCUT2D eigenvalue weighted by Gasteiger charge is 2.16. The molecule has 3 heteroatoms. The second-order valence-corrected chi connectivity index (χ2v) is 3.88. The van der Waals surface area contributed by atoms with Gasteiger partial charge in [-0.3, -0.25) is 0 Å². The maximum absolute atomic E-state index is 8.83. The summed E-state index contributed by atoms with van der Waals surface area (Å²) >= 11 is 0. The number of aliphatic hydroxyl groups is 1. The van der Waals surface area contributed by atoms with Crippen molar-refractivity contribution in [3.63, 3.8) is 0 Å². The lowest BCUT2D eigenvalue weighted by atomic mass is 10.1. The van der Waals surface area contributed by atoms with Crippen LogP contribution in [-0.4, -0.2) is 31.4 Å². The van der Waals surface area contributed by atoms with Crippen LogP contribution in [-0.2, 0) is 0 Å². The molecular weight excluding hydrogens is 190 g/mol. The van der Waals surface area contributed by atoms with Gasteiger partial charge in [0.2, 0.25) is 0 Å². The summed E-state index contributed by atoms with van der Waals surface area (Å²) in [6.07, 6.45) is 0.813. The molecule has 2 rings (SSSR count). The normalized spacial score (nSPS) is 14.7. The van der Waals surface area contributed by atoms with Crippen molar-refractivity contribution >= 4 is 5.69 Å². The number of anilines is 1. The van der Waals surface area contributed by atoms with Crippen molar-refractivity contribution < 1.29 is 9.84 Å². The molecule has 0 amide bonds. The fraction of sp³-hybridized carbons (Fsp3) is 0.500. The molecule has 1 N–H and O–H groups in total. The Morgan fingerprint density at radius 2 is 2.33 bits per heavy atom. The third kappa shape index (κ3) is 2.23. The van der Waals surface area contributed by atoms with Crippen molar-refractivity contribution in [2.24, 2.45) is 0 Å². The molecule has 0 radical (unpaired) electrons. The molecule has 82 valence electrons. The van der Waals surface area contributed by atoms with Crippen LogP contribution in [0, 0.1) is 6.92 Å². The Hall–Kier alpha value is -1.22. The maximum Gasteiger partial charge on any atom is 0.142 e. The average Bonchev–Trinajstić information content (AvgIpc) is 2.25. The minimum Gasteiger partial charge on any atom is -0.490 e. The zero-order chi connectivity index (χ0) is 10.7. The summed E-state index contributed by atoms with van der Waals surface area (Å²) in [5, 5.41) is 8.83. The highest BCUT2D eigenvalue weighted by Crippen LogP contribution is 2.32. The smallest absolute Gasteiger partial charge is 0.142 e. The van der Waals surface area contributed by atoms with E-state index in [9.17, 15) is 0 Å². The number of rotatable bonds is 3. The molecule has 0 aliphatic carbocycles. The van der Waals surface area contributed by atoms with Crippen LogP contribution in [0.15, 0.2) is 18.2 Å². The van der Waals surface area contributed by atoms with Crippen molar-refractivity contribution in [1.82, 2.24) is 0 Å². The summed E-state index contributed by atoms with van der Waals surface area (Å²) < 4.78 is 5.61. The van der Waals surface area contributed by atoms with Gasteiger partial charge in [0.15, 0.2) is 0 Å². The molecule has 1 heterocycles. The minimum atomic E-state index is 0.249. The topological polar surface area (TPSA) is 32.7 Å². The maximum atomic E-state index is 8.83. The van der Waals surface area contributed by atoms with Gasteiger partial charge in [-0.1, -0.05) is 6.07 Å². The number of benzene rings is 1. The van der Waals surface area contributed by atoms with E-state index in [2.05, 4.69) is 30.0 Å². The van der Waals surface area contributed by atoms with Gasteiger partial charge in [0, 0.05) is 13.2 Å². The lowest BCUT2D eigenvalue weighted by molar-refractivity contribution is 0.279. The number of ether oxygens (including phenoxy) is 1. The van der Waals surface area contributed by atoms with Gasteiger partial charge in [0.25, 0.3) is 0 Å². The van der Waals surface area contributed by atoms with E-state index in [4.69, 9.17) is 9.84 Å². The Labute approximate surface area is 90.3 Å². The van der Waals surface area contributed by atoms with Gasteiger partial charge in [-0.15, -0.1) is 0 Å². The molecule has 0 saturated heterocycles. The number of aliphatic hydroxyl groups excluding tert-OH is 1. The first-order valence-corrected chi connectivity index (χ1v) is 5.40. The van der Waals surface area contributed by atoms with E-state index in [-0.39, 0.29) is 6.61 Å². The van der Waals surface area contributed by atoms with Gasteiger partial charge in [-0.25, -0.2) is 0 Å². The van der Waals surface area contributed by atoms with Crippen LogP contribution in [0.5, 0.6) is 5.75 Å². The van der Waals surface area contributed by atoms with Gasteiger partial charge >= 0.3 is 0 Å². The Balaban J connectivity index is 2.18. The van der Waals surface area contributed by atoms with E-state index in [1.807, 2.05) is 0 Å². The first-order chi connectivity index (χ1) is 7.31. The quantitative estimate of drug-likeness (QED) is 0.816. The standard InChI is InChI=1S/C12H17NO2/c1-10-3-4-11-12(9-10)15-8-6-13(11)5-2-7-14/h3-4,9,14H,2,5-8H2,1H3. The molecule has 0 aromatic heterocycles. The Kier molecular flexibility index (Phi) is 3.11. The van der Waals surface area contributed by atoms with E-state index >= 15 is 0 Å². The van der Waals surface area contributed by atoms with Gasteiger partial charge < -0.3 is 14.7 Å². The first-order valence-electron chi connectivity index (χ1n) is 5.40. The van der Waals surface area contributed by atoms with Crippen LogP contribution in [0.25, 0.3) is 0 Å². The van der Waals surface area contributed by atoms with Gasteiger partial charge in [-0.05, 0) is 31.0 Å². The van der Waals surface area contributed by atoms with Crippen LogP contribution in [0.2, 0.25) is 0 Å². The number of aryl methyl sites for hydroxylation is 1. The number of nitrogens with zero attached hydrogens (tertiary/aromatic N) is 1. The lowest BCUT2D eigenvalue weighted by Crippen LogP contribution is -2.33. The molecule has 1 aromatic carbocycles. The molecule has 0 bridgehead atoms. The third-order valence-corrected chi connectivity index (χ3v) is 2.66. The Bertz CT molecular complexity index is 338. The molecule has 0 atom stereocenters. The van der Waals surface area contributed by atoms with Crippen molar-refractivity contribution in [2.75, 3.05) is 31.2 Å². The second-order valence-electron chi connectivity index (χ2n) is 3.88. The predicted octanol–water partition coefficient (Wildman–Crippen LogP) is 1.58. The minimum absolute atomic E-state index is 0.249. The van der Waals surface area contributed by atoms with Crippen LogP contribution in [0.1, 0.15) is 12.0 Å². The summed E-state index contributed by atoms with van der Waals surface area (Å²) in [5.41, 5.74) is 2.37. The van der Waals surface area contributed by atoms with Crippen LogP contribution in [0.3, 0.4) is 0 Å². The summed E-state index contributed by atoms with van der Waals surface area (Å²) in [7, 11) is 0. The van der Waals surface area contributed by atoms with E-state index in [0.717, 1.165) is 37.6 Å². The summed E-state index contributed by atoms with van der Waals surface area (Å²) in [6, 6.07) is 6.26. The number of hydrogen-bond donors (Lipinski definition) is 1. The Morgan fingerprint density at radius 1 is 1.47 bits per heavy atom. The second kappa shape index (κ2) is 4.53. The first kappa shape index (κ1) is 10.3. The van der Waals surface area contributed by atoms with Gasteiger partial charge in [-0.2, -0.15) is 0 Å².